The van der Waals surface area contributed by atoms with E-state index in [1.165, 1.54) is 0 Å². The Bertz CT molecular complexity index is 1010. The molecule has 2 aromatic carbocycles. The molecular formula is C19H15N3OS2. The first-order valence-electron chi connectivity index (χ1n) is 7.75. The molecule has 0 radical (unpaired) electrons. The summed E-state index contributed by atoms with van der Waals surface area (Å²) in [6.45, 7) is 0. The van der Waals surface area contributed by atoms with Crippen LogP contribution in [-0.4, -0.2) is 22.1 Å². The number of benzene rings is 2. The second kappa shape index (κ2) is 7.21. The van der Waals surface area contributed by atoms with E-state index in [4.69, 9.17) is 9.72 Å². The molecule has 4 rings (SSSR count). The molecular weight excluding hydrogens is 350 g/mol. The van der Waals surface area contributed by atoms with Crippen molar-refractivity contribution in [3.63, 3.8) is 0 Å². The zero-order valence-corrected chi connectivity index (χ0v) is 15.2. The minimum absolute atomic E-state index is 0.779. The van der Waals surface area contributed by atoms with Crippen molar-refractivity contribution >= 4 is 34.0 Å². The zero-order valence-electron chi connectivity index (χ0n) is 13.5. The molecule has 0 saturated carbocycles. The van der Waals surface area contributed by atoms with Gasteiger partial charge in [0, 0.05) is 22.1 Å². The number of thioether (sulfide) groups is 1. The quantitative estimate of drug-likeness (QED) is 0.366. The first kappa shape index (κ1) is 16.1. The number of thiazole rings is 1. The van der Waals surface area contributed by atoms with E-state index in [0.29, 0.717) is 0 Å². The number of hydrogen-bond donors (Lipinski definition) is 0. The number of hydrogen-bond acceptors (Lipinski definition) is 6. The predicted molar refractivity (Wildman–Crippen MR) is 103 cm³/mol. The van der Waals surface area contributed by atoms with Crippen molar-refractivity contribution in [1.82, 2.24) is 15.0 Å². The van der Waals surface area contributed by atoms with Gasteiger partial charge in [-0.3, -0.25) is 0 Å². The molecule has 0 saturated heterocycles. The highest BCUT2D eigenvalue weighted by molar-refractivity contribution is 7.98. The number of ether oxygens (including phenoxy) is 1. The molecule has 0 amide bonds. The molecule has 0 aliphatic heterocycles. The SMILES string of the molecule is COc1cccc(-c2nc(CSc3ncnc4ccccc34)cs2)c1. The molecule has 2 aromatic heterocycles. The van der Waals surface area contributed by atoms with E-state index in [1.807, 2.05) is 36.4 Å². The molecule has 0 bridgehead atoms. The molecule has 4 aromatic rings. The van der Waals surface area contributed by atoms with Crippen molar-refractivity contribution in [2.45, 2.75) is 10.8 Å². The van der Waals surface area contributed by atoms with Crippen LogP contribution >= 0.6 is 23.1 Å². The van der Waals surface area contributed by atoms with Crippen molar-refractivity contribution < 1.29 is 4.74 Å². The van der Waals surface area contributed by atoms with Crippen LogP contribution in [0.15, 0.2) is 65.3 Å². The highest BCUT2D eigenvalue weighted by Gasteiger charge is 2.08. The first-order chi connectivity index (χ1) is 12.3. The van der Waals surface area contributed by atoms with Crippen LogP contribution in [0, 0.1) is 0 Å². The summed E-state index contributed by atoms with van der Waals surface area (Å²) in [5.74, 6) is 1.62. The van der Waals surface area contributed by atoms with Crippen LogP contribution in [0.5, 0.6) is 5.75 Å². The van der Waals surface area contributed by atoms with Gasteiger partial charge in [0.05, 0.1) is 18.3 Å². The van der Waals surface area contributed by atoms with Gasteiger partial charge >= 0.3 is 0 Å². The summed E-state index contributed by atoms with van der Waals surface area (Å²) in [6, 6.07) is 16.0. The largest absolute Gasteiger partial charge is 0.497 e. The van der Waals surface area contributed by atoms with E-state index < -0.39 is 0 Å². The highest BCUT2D eigenvalue weighted by atomic mass is 32.2. The smallest absolute Gasteiger partial charge is 0.123 e. The number of fused-ring (bicyclic) bond motifs is 1. The van der Waals surface area contributed by atoms with Gasteiger partial charge in [-0.1, -0.05) is 42.1 Å². The summed E-state index contributed by atoms with van der Waals surface area (Å²) in [6.07, 6.45) is 1.62. The Kier molecular flexibility index (Phi) is 4.63. The van der Waals surface area contributed by atoms with Gasteiger partial charge in [-0.25, -0.2) is 15.0 Å². The maximum absolute atomic E-state index is 5.29. The van der Waals surface area contributed by atoms with Crippen molar-refractivity contribution in [3.05, 3.63) is 65.9 Å². The van der Waals surface area contributed by atoms with Gasteiger partial charge in [0.15, 0.2) is 0 Å². The third kappa shape index (κ3) is 3.50. The Morgan fingerprint density at radius 1 is 1.08 bits per heavy atom. The lowest BCUT2D eigenvalue weighted by Crippen LogP contribution is -1.88. The predicted octanol–water partition coefficient (Wildman–Crippen LogP) is 5.05. The Balaban J connectivity index is 1.53. The fourth-order valence-corrected chi connectivity index (χ4v) is 4.30. The minimum Gasteiger partial charge on any atom is -0.497 e. The molecule has 0 fully saturated rings. The third-order valence-electron chi connectivity index (χ3n) is 3.73. The average Bonchev–Trinajstić information content (AvgIpc) is 3.15. The third-order valence-corrected chi connectivity index (χ3v) is 5.71. The summed E-state index contributed by atoms with van der Waals surface area (Å²) in [5, 5.41) is 5.17. The molecule has 0 aliphatic rings. The molecule has 25 heavy (non-hydrogen) atoms. The fourth-order valence-electron chi connectivity index (χ4n) is 2.50. The Hall–Kier alpha value is -2.44. The zero-order chi connectivity index (χ0) is 17.1. The molecule has 6 heteroatoms. The van der Waals surface area contributed by atoms with Crippen LogP contribution in [0.4, 0.5) is 0 Å². The number of rotatable bonds is 5. The Labute approximate surface area is 153 Å². The maximum Gasteiger partial charge on any atom is 0.123 e. The summed E-state index contributed by atoms with van der Waals surface area (Å²) in [4.78, 5) is 13.5. The van der Waals surface area contributed by atoms with Gasteiger partial charge in [0.2, 0.25) is 0 Å². The number of nitrogens with zero attached hydrogens (tertiary/aromatic N) is 3. The van der Waals surface area contributed by atoms with Gasteiger partial charge in [-0.2, -0.15) is 0 Å². The second-order valence-corrected chi connectivity index (χ2v) is 7.18. The number of methoxy groups -OCH3 is 1. The minimum atomic E-state index is 0.779. The van der Waals surface area contributed by atoms with Crippen molar-refractivity contribution in [3.8, 4) is 16.3 Å². The normalized spacial score (nSPS) is 10.9. The molecule has 0 unspecified atom stereocenters. The monoisotopic (exact) mass is 365 g/mol. The van der Waals surface area contributed by atoms with E-state index in [1.54, 1.807) is 36.5 Å². The molecule has 0 atom stereocenters. The van der Waals surface area contributed by atoms with Crippen LogP contribution in [0.1, 0.15) is 5.69 Å². The topological polar surface area (TPSA) is 47.9 Å². The van der Waals surface area contributed by atoms with Gasteiger partial charge < -0.3 is 4.74 Å². The van der Waals surface area contributed by atoms with Crippen LogP contribution in [0.2, 0.25) is 0 Å². The molecule has 0 aliphatic carbocycles. The number of para-hydroxylation sites is 1. The van der Waals surface area contributed by atoms with Crippen LogP contribution < -0.4 is 4.74 Å². The maximum atomic E-state index is 5.29. The molecule has 0 spiro atoms. The van der Waals surface area contributed by atoms with Gasteiger partial charge in [0.25, 0.3) is 0 Å². The van der Waals surface area contributed by atoms with Crippen LogP contribution in [-0.2, 0) is 5.75 Å². The van der Waals surface area contributed by atoms with E-state index in [9.17, 15) is 0 Å². The average molecular weight is 365 g/mol. The van der Waals surface area contributed by atoms with E-state index in [-0.39, 0.29) is 0 Å². The van der Waals surface area contributed by atoms with Gasteiger partial charge in [-0.05, 0) is 18.2 Å². The fraction of sp³-hybridized carbons (Fsp3) is 0.105. The lowest BCUT2D eigenvalue weighted by Gasteiger charge is -2.03. The van der Waals surface area contributed by atoms with Crippen molar-refractivity contribution in [2.75, 3.05) is 7.11 Å². The highest BCUT2D eigenvalue weighted by Crippen LogP contribution is 2.31. The summed E-state index contributed by atoms with van der Waals surface area (Å²) in [7, 11) is 1.68. The van der Waals surface area contributed by atoms with E-state index in [0.717, 1.165) is 43.7 Å². The summed E-state index contributed by atoms with van der Waals surface area (Å²) < 4.78 is 5.29. The molecule has 2 heterocycles. The van der Waals surface area contributed by atoms with Crippen LogP contribution in [0.25, 0.3) is 21.5 Å². The summed E-state index contributed by atoms with van der Waals surface area (Å²) in [5.41, 5.74) is 3.10. The first-order valence-corrected chi connectivity index (χ1v) is 9.61. The summed E-state index contributed by atoms with van der Waals surface area (Å²) >= 11 is 3.34. The van der Waals surface area contributed by atoms with Crippen LogP contribution in [0.3, 0.4) is 0 Å². The lowest BCUT2D eigenvalue weighted by atomic mass is 10.2. The standard InChI is InChI=1S/C19H15N3OS2/c1-23-15-6-4-5-13(9-15)18-22-14(10-24-18)11-25-19-16-7-2-3-8-17(16)20-12-21-19/h2-10,12H,11H2,1H3. The van der Waals surface area contributed by atoms with E-state index >= 15 is 0 Å². The Morgan fingerprint density at radius 3 is 2.92 bits per heavy atom. The van der Waals surface area contributed by atoms with Crippen molar-refractivity contribution in [1.29, 1.82) is 0 Å². The van der Waals surface area contributed by atoms with Gasteiger partial charge in [0.1, 0.15) is 22.1 Å². The molecule has 0 N–H and O–H groups in total. The lowest BCUT2D eigenvalue weighted by molar-refractivity contribution is 0.415. The molecule has 124 valence electrons. The number of aromatic nitrogens is 3. The van der Waals surface area contributed by atoms with Gasteiger partial charge in [-0.15, -0.1) is 11.3 Å². The molecule has 4 nitrogen and oxygen atoms in total. The Morgan fingerprint density at radius 2 is 2.00 bits per heavy atom. The van der Waals surface area contributed by atoms with E-state index in [2.05, 4.69) is 27.5 Å². The van der Waals surface area contributed by atoms with Crippen molar-refractivity contribution in [2.24, 2.45) is 0 Å². The second-order valence-electron chi connectivity index (χ2n) is 5.36.